The second kappa shape index (κ2) is 9.37. The summed E-state index contributed by atoms with van der Waals surface area (Å²) in [6, 6.07) is 18.5. The first kappa shape index (κ1) is 21.7. The van der Waals surface area contributed by atoms with Crippen molar-refractivity contribution in [2.24, 2.45) is 0 Å². The van der Waals surface area contributed by atoms with E-state index in [0.29, 0.717) is 23.3 Å². The van der Waals surface area contributed by atoms with Gasteiger partial charge in [0, 0.05) is 37.4 Å². The lowest BCUT2D eigenvalue weighted by Crippen LogP contribution is -2.35. The van der Waals surface area contributed by atoms with Crippen LogP contribution in [0, 0.1) is 13.8 Å². The molecule has 0 unspecified atom stereocenters. The summed E-state index contributed by atoms with van der Waals surface area (Å²) in [5.41, 5.74) is 5.92. The van der Waals surface area contributed by atoms with E-state index in [9.17, 15) is 4.79 Å². The highest BCUT2D eigenvalue weighted by Gasteiger charge is 2.22. The number of benzene rings is 2. The molecule has 0 bridgehead atoms. The Labute approximate surface area is 197 Å². The zero-order valence-corrected chi connectivity index (χ0v) is 19.6. The van der Waals surface area contributed by atoms with Gasteiger partial charge in [-0.15, -0.1) is 0 Å². The van der Waals surface area contributed by atoms with Gasteiger partial charge in [0.15, 0.2) is 5.16 Å². The minimum Gasteiger partial charge on any atom is -0.441 e. The lowest BCUT2D eigenvalue weighted by atomic mass is 10.1. The zero-order valence-electron chi connectivity index (χ0n) is 18.8. The summed E-state index contributed by atoms with van der Waals surface area (Å²) in [5, 5.41) is 0.634. The first-order valence-electron chi connectivity index (χ1n) is 11.1. The SMILES string of the molecule is Cc1ccc(-c2nc(CSc3nc4c(c(=O)[nH]3)CN(Cc3ccccc3)CC4)c(C)o2)cc1. The molecule has 0 radical (unpaired) electrons. The van der Waals surface area contributed by atoms with Crippen molar-refractivity contribution in [3.63, 3.8) is 0 Å². The van der Waals surface area contributed by atoms with Gasteiger partial charge in [-0.2, -0.15) is 0 Å². The molecule has 7 heteroatoms. The van der Waals surface area contributed by atoms with E-state index in [1.165, 1.54) is 22.9 Å². The minimum absolute atomic E-state index is 0.0440. The van der Waals surface area contributed by atoms with E-state index in [0.717, 1.165) is 47.8 Å². The minimum atomic E-state index is -0.0440. The van der Waals surface area contributed by atoms with Gasteiger partial charge in [0.1, 0.15) is 5.76 Å². The standard InChI is InChI=1S/C26H26N4O2S/c1-17-8-10-20(11-9-17)25-27-23(18(2)32-25)16-33-26-28-22-12-13-30(15-21(22)24(31)29-26)14-19-6-4-3-5-7-19/h3-11H,12-16H2,1-2H3,(H,28,29,31). The number of aromatic nitrogens is 3. The zero-order chi connectivity index (χ0) is 22.8. The predicted molar refractivity (Wildman–Crippen MR) is 130 cm³/mol. The van der Waals surface area contributed by atoms with E-state index in [-0.39, 0.29) is 5.56 Å². The van der Waals surface area contributed by atoms with Gasteiger partial charge in [-0.25, -0.2) is 9.97 Å². The number of aryl methyl sites for hydroxylation is 2. The van der Waals surface area contributed by atoms with Crippen molar-refractivity contribution < 1.29 is 4.42 Å². The number of nitrogens with zero attached hydrogens (tertiary/aromatic N) is 3. The van der Waals surface area contributed by atoms with Crippen molar-refractivity contribution in [3.05, 3.63) is 98.8 Å². The van der Waals surface area contributed by atoms with E-state index in [2.05, 4.69) is 33.9 Å². The fourth-order valence-corrected chi connectivity index (χ4v) is 4.90. The smallest absolute Gasteiger partial charge is 0.256 e. The van der Waals surface area contributed by atoms with Crippen LogP contribution in [0.3, 0.4) is 0 Å². The number of oxazole rings is 1. The average molecular weight is 459 g/mol. The highest BCUT2D eigenvalue weighted by Crippen LogP contribution is 2.27. The first-order valence-corrected chi connectivity index (χ1v) is 12.1. The summed E-state index contributed by atoms with van der Waals surface area (Å²) in [7, 11) is 0. The Morgan fingerprint density at radius 1 is 1.06 bits per heavy atom. The molecule has 0 amide bonds. The highest BCUT2D eigenvalue weighted by atomic mass is 32.2. The molecular weight excluding hydrogens is 432 g/mol. The average Bonchev–Trinajstić information content (AvgIpc) is 3.19. The highest BCUT2D eigenvalue weighted by molar-refractivity contribution is 7.98. The van der Waals surface area contributed by atoms with Crippen LogP contribution in [-0.4, -0.2) is 26.4 Å². The summed E-state index contributed by atoms with van der Waals surface area (Å²) < 4.78 is 5.88. The van der Waals surface area contributed by atoms with Crippen molar-refractivity contribution in [1.82, 2.24) is 19.9 Å². The summed E-state index contributed by atoms with van der Waals surface area (Å²) in [4.78, 5) is 27.5. The third kappa shape index (κ3) is 4.94. The number of aromatic amines is 1. The van der Waals surface area contributed by atoms with Crippen LogP contribution in [-0.2, 0) is 25.3 Å². The number of thioether (sulfide) groups is 1. The van der Waals surface area contributed by atoms with Crippen LogP contribution in [0.4, 0.5) is 0 Å². The number of hydrogen-bond donors (Lipinski definition) is 1. The van der Waals surface area contributed by atoms with Crippen LogP contribution in [0.15, 0.2) is 69.0 Å². The molecule has 0 fully saturated rings. The molecule has 3 heterocycles. The summed E-state index contributed by atoms with van der Waals surface area (Å²) >= 11 is 1.49. The summed E-state index contributed by atoms with van der Waals surface area (Å²) in [5.74, 6) is 1.99. The molecule has 4 aromatic rings. The van der Waals surface area contributed by atoms with Gasteiger partial charge in [-0.05, 0) is 31.5 Å². The number of H-pyrrole nitrogens is 1. The Hall–Kier alpha value is -3.16. The van der Waals surface area contributed by atoms with Crippen LogP contribution in [0.1, 0.15) is 33.8 Å². The van der Waals surface area contributed by atoms with Crippen LogP contribution in [0.5, 0.6) is 0 Å². The maximum atomic E-state index is 12.8. The lowest BCUT2D eigenvalue weighted by Gasteiger charge is -2.27. The van der Waals surface area contributed by atoms with Crippen molar-refractivity contribution in [3.8, 4) is 11.5 Å². The number of fused-ring (bicyclic) bond motifs is 1. The van der Waals surface area contributed by atoms with Crippen molar-refractivity contribution in [1.29, 1.82) is 0 Å². The molecular formula is C26H26N4O2S. The Kier molecular flexibility index (Phi) is 6.15. The van der Waals surface area contributed by atoms with Gasteiger partial charge < -0.3 is 9.40 Å². The van der Waals surface area contributed by atoms with Crippen LogP contribution in [0.2, 0.25) is 0 Å². The first-order chi connectivity index (χ1) is 16.0. The molecule has 1 aliphatic heterocycles. The van der Waals surface area contributed by atoms with Gasteiger partial charge >= 0.3 is 0 Å². The molecule has 2 aromatic heterocycles. The van der Waals surface area contributed by atoms with Crippen LogP contribution >= 0.6 is 11.8 Å². The molecule has 168 valence electrons. The number of rotatable bonds is 6. The van der Waals surface area contributed by atoms with Crippen LogP contribution in [0.25, 0.3) is 11.5 Å². The molecule has 0 aliphatic carbocycles. The number of nitrogens with one attached hydrogen (secondary N) is 1. The van der Waals surface area contributed by atoms with Crippen molar-refractivity contribution >= 4 is 11.8 Å². The molecule has 33 heavy (non-hydrogen) atoms. The predicted octanol–water partition coefficient (Wildman–Crippen LogP) is 4.89. The van der Waals surface area contributed by atoms with Crippen LogP contribution < -0.4 is 5.56 Å². The summed E-state index contributed by atoms with van der Waals surface area (Å²) in [6.07, 6.45) is 0.778. The molecule has 2 aromatic carbocycles. The normalized spacial score (nSPS) is 13.8. The molecule has 6 nitrogen and oxygen atoms in total. The Bertz CT molecular complexity index is 1310. The monoisotopic (exact) mass is 458 g/mol. The quantitative estimate of drug-likeness (QED) is 0.327. The van der Waals surface area contributed by atoms with Gasteiger partial charge in [0.05, 0.1) is 17.0 Å². The van der Waals surface area contributed by atoms with E-state index in [4.69, 9.17) is 9.40 Å². The van der Waals surface area contributed by atoms with Gasteiger partial charge in [-0.3, -0.25) is 9.69 Å². The fourth-order valence-electron chi connectivity index (χ4n) is 4.02. The van der Waals surface area contributed by atoms with Crippen molar-refractivity contribution in [2.75, 3.05) is 6.54 Å². The topological polar surface area (TPSA) is 75.0 Å². The molecule has 0 saturated heterocycles. The second-order valence-electron chi connectivity index (χ2n) is 8.42. The Morgan fingerprint density at radius 2 is 1.85 bits per heavy atom. The Balaban J connectivity index is 1.27. The number of hydrogen-bond acceptors (Lipinski definition) is 6. The van der Waals surface area contributed by atoms with Gasteiger partial charge in [0.25, 0.3) is 5.56 Å². The molecule has 0 spiro atoms. The Morgan fingerprint density at radius 3 is 2.64 bits per heavy atom. The molecule has 1 aliphatic rings. The van der Waals surface area contributed by atoms with E-state index < -0.39 is 0 Å². The second-order valence-corrected chi connectivity index (χ2v) is 9.38. The van der Waals surface area contributed by atoms with E-state index in [1.807, 2.05) is 49.4 Å². The maximum absolute atomic E-state index is 12.8. The summed E-state index contributed by atoms with van der Waals surface area (Å²) in [6.45, 7) is 6.33. The van der Waals surface area contributed by atoms with Crippen molar-refractivity contribution in [2.45, 2.75) is 44.3 Å². The largest absolute Gasteiger partial charge is 0.441 e. The molecule has 5 rings (SSSR count). The van der Waals surface area contributed by atoms with Gasteiger partial charge in [0.2, 0.25) is 5.89 Å². The molecule has 0 saturated carbocycles. The van der Waals surface area contributed by atoms with E-state index >= 15 is 0 Å². The van der Waals surface area contributed by atoms with E-state index in [1.54, 1.807) is 0 Å². The maximum Gasteiger partial charge on any atom is 0.256 e. The molecule has 0 atom stereocenters. The fraction of sp³-hybridized carbons (Fsp3) is 0.269. The third-order valence-corrected chi connectivity index (χ3v) is 6.80. The third-order valence-electron chi connectivity index (χ3n) is 5.91. The van der Waals surface area contributed by atoms with Gasteiger partial charge in [-0.1, -0.05) is 59.8 Å². The lowest BCUT2D eigenvalue weighted by molar-refractivity contribution is 0.241. The molecule has 1 N–H and O–H groups in total.